The van der Waals surface area contributed by atoms with Gasteiger partial charge in [-0.3, -0.25) is 0 Å². The van der Waals surface area contributed by atoms with Crippen molar-refractivity contribution < 1.29 is 24.4 Å². The Morgan fingerprint density at radius 2 is 1.79 bits per heavy atom. The van der Waals surface area contributed by atoms with Crippen molar-refractivity contribution in [3.05, 3.63) is 46.8 Å². The first-order valence-electron chi connectivity index (χ1n) is 18.1. The molecule has 2 N–H and O–H groups in total. The molecule has 4 heterocycles. The van der Waals surface area contributed by atoms with E-state index in [0.29, 0.717) is 11.8 Å². The third-order valence-corrected chi connectivity index (χ3v) is 15.0. The van der Waals surface area contributed by atoms with E-state index in [4.69, 9.17) is 14.2 Å². The van der Waals surface area contributed by atoms with Crippen LogP contribution in [0.25, 0.3) is 27.4 Å². The van der Waals surface area contributed by atoms with Crippen LogP contribution in [0.3, 0.4) is 0 Å². The van der Waals surface area contributed by atoms with Gasteiger partial charge in [-0.15, -0.1) is 0 Å². The highest BCUT2D eigenvalue weighted by molar-refractivity contribution is 6.11. The van der Waals surface area contributed by atoms with E-state index in [-0.39, 0.29) is 40.3 Å². The second-order valence-electron chi connectivity index (χ2n) is 18.1. The maximum absolute atomic E-state index is 12.3. The van der Waals surface area contributed by atoms with Crippen LogP contribution in [-0.4, -0.2) is 45.3 Å². The number of fused-ring (bicyclic) bond motifs is 13. The maximum atomic E-state index is 12.3. The molecule has 252 valence electrons. The summed E-state index contributed by atoms with van der Waals surface area (Å²) in [5.41, 5.74) is 7.68. The highest BCUT2D eigenvalue weighted by atomic mass is 16.7. The summed E-state index contributed by atoms with van der Waals surface area (Å²) >= 11 is 0. The Balaban J connectivity index is 1.31. The minimum atomic E-state index is -0.774. The van der Waals surface area contributed by atoms with E-state index in [0.717, 1.165) is 71.0 Å². The van der Waals surface area contributed by atoms with Crippen LogP contribution >= 0.6 is 0 Å². The fourth-order valence-electron chi connectivity index (χ4n) is 13.2. The Morgan fingerprint density at radius 3 is 2.49 bits per heavy atom. The Bertz CT molecular complexity index is 1910. The maximum Gasteiger partial charge on any atom is 0.157 e. The number of rotatable bonds is 2. The van der Waals surface area contributed by atoms with Gasteiger partial charge in [0.1, 0.15) is 5.75 Å². The molecule has 0 spiro atoms. The molecule has 2 aromatic heterocycles. The number of nitrogens with zero attached hydrogens (tertiary/aromatic N) is 1. The average Bonchev–Trinajstić information content (AvgIpc) is 3.65. The number of aliphatic hydroxyl groups excluding tert-OH is 1. The molecule has 0 radical (unpaired) electrons. The summed E-state index contributed by atoms with van der Waals surface area (Å²) in [7, 11) is 1.78. The van der Waals surface area contributed by atoms with Crippen LogP contribution in [0.1, 0.15) is 128 Å². The number of aliphatic hydroxyl groups is 1. The highest BCUT2D eigenvalue weighted by Gasteiger charge is 2.68. The minimum absolute atomic E-state index is 0.0622. The largest absolute Gasteiger partial charge is 0.505 e. The van der Waals surface area contributed by atoms with Crippen LogP contribution in [-0.2, 0) is 26.0 Å². The number of methoxy groups -OCH3 is 1. The predicted molar refractivity (Wildman–Crippen MR) is 186 cm³/mol. The Morgan fingerprint density at radius 1 is 1.04 bits per heavy atom. The third-order valence-electron chi connectivity index (χ3n) is 15.0. The van der Waals surface area contributed by atoms with Crippen molar-refractivity contribution >= 4 is 27.4 Å². The van der Waals surface area contributed by atoms with Crippen molar-refractivity contribution in [2.45, 2.75) is 135 Å². The summed E-state index contributed by atoms with van der Waals surface area (Å²) in [6, 6.07) is 2.38. The van der Waals surface area contributed by atoms with E-state index in [1.54, 1.807) is 7.11 Å². The molecular formula is C41H53NO5. The van der Waals surface area contributed by atoms with Gasteiger partial charge in [0.05, 0.1) is 34.6 Å². The molecule has 6 aliphatic rings. The zero-order valence-corrected chi connectivity index (χ0v) is 29.8. The summed E-state index contributed by atoms with van der Waals surface area (Å²) in [5.74, 6) is 1.12. The van der Waals surface area contributed by atoms with Gasteiger partial charge in [0.15, 0.2) is 6.29 Å². The highest BCUT2D eigenvalue weighted by Crippen LogP contribution is 2.72. The van der Waals surface area contributed by atoms with Crippen LogP contribution in [0.5, 0.6) is 5.75 Å². The van der Waals surface area contributed by atoms with Gasteiger partial charge < -0.3 is 28.8 Å². The summed E-state index contributed by atoms with van der Waals surface area (Å²) in [6.07, 6.45) is 9.29. The first-order valence-corrected chi connectivity index (χ1v) is 18.1. The van der Waals surface area contributed by atoms with E-state index < -0.39 is 17.3 Å². The lowest BCUT2D eigenvalue weighted by molar-refractivity contribution is -0.269. The van der Waals surface area contributed by atoms with Crippen molar-refractivity contribution in [3.63, 3.8) is 0 Å². The summed E-state index contributed by atoms with van der Waals surface area (Å²) in [4.78, 5) is 0. The van der Waals surface area contributed by atoms with Gasteiger partial charge in [0, 0.05) is 40.5 Å². The lowest BCUT2D eigenvalue weighted by atomic mass is 9.40. The van der Waals surface area contributed by atoms with Crippen LogP contribution in [0.15, 0.2) is 18.7 Å². The van der Waals surface area contributed by atoms with Gasteiger partial charge in [0.2, 0.25) is 0 Å². The van der Waals surface area contributed by atoms with Crippen molar-refractivity contribution in [1.29, 1.82) is 0 Å². The Kier molecular flexibility index (Phi) is 5.90. The lowest BCUT2D eigenvalue weighted by Crippen LogP contribution is -2.64. The molecule has 4 aliphatic carbocycles. The lowest BCUT2D eigenvalue weighted by Gasteiger charge is -2.66. The Hall–Kier alpha value is -2.38. The summed E-state index contributed by atoms with van der Waals surface area (Å²) in [6.45, 7) is 22.5. The number of hydrogen-bond acceptors (Lipinski definition) is 5. The van der Waals surface area contributed by atoms with Crippen molar-refractivity contribution in [2.24, 2.45) is 28.6 Å². The standard InChI is InChI=1S/C41H53NO5/c1-20(2)32-35(44)30-29-22(25-19-37(3,4)47-38(5,6)31(25)34(29)43)18-23-24-17-21-11-12-26-39(7)15-14-28(45-10)46-27(39)13-16-40(26,8)41(21,9)36(24)42(32)33(23)30/h18-19,21,26-28,31,34,43-44H,1,11-17H2,2-10H3/t21?,26?,27?,28?,31?,34?,39-,40-,41?/m0/s1. The molecule has 9 rings (SSSR count). The average molecular weight is 640 g/mol. The van der Waals surface area contributed by atoms with Crippen LogP contribution in [0, 0.1) is 28.6 Å². The second kappa shape index (κ2) is 9.04. The molecule has 2 saturated carbocycles. The molecule has 3 aromatic rings. The van der Waals surface area contributed by atoms with Crippen LogP contribution in [0.4, 0.5) is 0 Å². The van der Waals surface area contributed by atoms with Gasteiger partial charge in [-0.05, 0) is 137 Å². The second-order valence-corrected chi connectivity index (χ2v) is 18.1. The number of ether oxygens (including phenoxy) is 3. The molecule has 47 heavy (non-hydrogen) atoms. The normalized spacial score (nSPS) is 41.2. The first kappa shape index (κ1) is 30.7. The van der Waals surface area contributed by atoms with E-state index in [1.165, 1.54) is 29.5 Å². The fraction of sp³-hybridized carbons (Fsp3) is 0.659. The first-order chi connectivity index (χ1) is 22.0. The molecule has 6 nitrogen and oxygen atoms in total. The molecule has 3 fully saturated rings. The predicted octanol–water partition coefficient (Wildman–Crippen LogP) is 8.70. The molecule has 2 aliphatic heterocycles. The molecule has 9 atom stereocenters. The van der Waals surface area contributed by atoms with Crippen molar-refractivity contribution in [2.75, 3.05) is 7.11 Å². The number of aromatic nitrogens is 1. The fourth-order valence-corrected chi connectivity index (χ4v) is 13.2. The van der Waals surface area contributed by atoms with Gasteiger partial charge in [-0.1, -0.05) is 27.4 Å². The van der Waals surface area contributed by atoms with Crippen molar-refractivity contribution in [1.82, 2.24) is 4.40 Å². The van der Waals surface area contributed by atoms with Gasteiger partial charge in [0.25, 0.3) is 0 Å². The van der Waals surface area contributed by atoms with Gasteiger partial charge in [-0.25, -0.2) is 0 Å². The monoisotopic (exact) mass is 639 g/mol. The summed E-state index contributed by atoms with van der Waals surface area (Å²) < 4.78 is 21.3. The van der Waals surface area contributed by atoms with Gasteiger partial charge in [-0.2, -0.15) is 0 Å². The summed E-state index contributed by atoms with van der Waals surface area (Å²) in [5, 5.41) is 26.5. The minimum Gasteiger partial charge on any atom is -0.505 e. The van der Waals surface area contributed by atoms with E-state index in [2.05, 4.69) is 71.6 Å². The topological polar surface area (TPSA) is 72.6 Å². The van der Waals surface area contributed by atoms with E-state index in [9.17, 15) is 10.2 Å². The van der Waals surface area contributed by atoms with E-state index >= 15 is 0 Å². The van der Waals surface area contributed by atoms with Crippen molar-refractivity contribution in [3.8, 4) is 5.75 Å². The zero-order valence-electron chi connectivity index (χ0n) is 29.8. The molecule has 6 heteroatoms. The molecule has 1 saturated heterocycles. The SMILES string of the molecule is C=C(C)c1c(O)c2c3c(cc4c5c(n1c42)C1(C)C(CCC2[C@]4(C)CCC(OC)OC4CC[C@@]21C)C5)C1=CC(C)(C)OC(C)(C)C1C3O. The number of benzene rings is 1. The number of hydrogen-bond donors (Lipinski definition) is 2. The molecule has 0 amide bonds. The van der Waals surface area contributed by atoms with Crippen LogP contribution in [0.2, 0.25) is 0 Å². The Labute approximate surface area is 279 Å². The quantitative estimate of drug-likeness (QED) is 0.294. The zero-order chi connectivity index (χ0) is 33.4. The van der Waals surface area contributed by atoms with Crippen LogP contribution < -0.4 is 0 Å². The van der Waals surface area contributed by atoms with Gasteiger partial charge >= 0.3 is 0 Å². The number of allylic oxidation sites excluding steroid dienone is 1. The molecule has 0 bridgehead atoms. The third kappa shape index (κ3) is 3.42. The molecular weight excluding hydrogens is 586 g/mol. The number of aromatic hydroxyl groups is 1. The molecule has 1 aromatic carbocycles. The molecule has 7 unspecified atom stereocenters. The smallest absolute Gasteiger partial charge is 0.157 e. The van der Waals surface area contributed by atoms with E-state index in [1.807, 2.05) is 6.92 Å².